The fourth-order valence-electron chi connectivity index (χ4n) is 8.22. The summed E-state index contributed by atoms with van der Waals surface area (Å²) >= 11 is 12.6. The maximum atomic E-state index is 15.1. The Labute approximate surface area is 364 Å². The summed E-state index contributed by atoms with van der Waals surface area (Å²) in [6.45, 7) is 8.91. The van der Waals surface area contributed by atoms with E-state index in [1.165, 1.54) is 34.9 Å². The fraction of sp³-hybridized carbons (Fsp3) is 0.400. The zero-order chi connectivity index (χ0) is 42.9. The summed E-state index contributed by atoms with van der Waals surface area (Å²) in [5.41, 5.74) is 4.47. The first kappa shape index (κ1) is 43.1. The Balaban J connectivity index is 1.00. The van der Waals surface area contributed by atoms with E-state index in [1.807, 2.05) is 12.1 Å². The van der Waals surface area contributed by atoms with Crippen molar-refractivity contribution < 1.29 is 36.2 Å². The van der Waals surface area contributed by atoms with Crippen LogP contribution in [0.5, 0.6) is 17.4 Å². The largest absolute Gasteiger partial charge is 0.473 e. The maximum absolute atomic E-state index is 15.1. The smallest absolute Gasteiger partial charge is 0.268 e. The lowest BCUT2D eigenvalue weighted by Crippen LogP contribution is -2.47. The zero-order valence-corrected chi connectivity index (χ0v) is 36.3. The van der Waals surface area contributed by atoms with Crippen LogP contribution < -0.4 is 19.1 Å². The number of aromatic nitrogens is 1. The molecule has 0 spiro atoms. The van der Waals surface area contributed by atoms with Gasteiger partial charge in [-0.25, -0.2) is 26.9 Å². The molecule has 1 N–H and O–H groups in total. The van der Waals surface area contributed by atoms with Crippen LogP contribution in [0.25, 0.3) is 5.57 Å². The molecule has 4 aliphatic rings. The maximum Gasteiger partial charge on any atom is 0.268 e. The van der Waals surface area contributed by atoms with Crippen LogP contribution in [0.1, 0.15) is 73.0 Å². The topological polar surface area (TPSA) is 123 Å². The summed E-state index contributed by atoms with van der Waals surface area (Å²) in [7, 11) is -4.53. The van der Waals surface area contributed by atoms with Gasteiger partial charge in [-0.2, -0.15) is 0 Å². The number of benzene rings is 3. The van der Waals surface area contributed by atoms with Crippen LogP contribution in [0.4, 0.5) is 14.5 Å². The van der Waals surface area contributed by atoms with E-state index in [2.05, 4.69) is 50.5 Å². The number of ether oxygens (including phenoxy) is 3. The third kappa shape index (κ3) is 10.0. The molecule has 0 unspecified atom stereocenters. The van der Waals surface area contributed by atoms with Gasteiger partial charge in [0.15, 0.2) is 0 Å². The number of nitrogens with one attached hydrogen (secondary N) is 1. The number of halogens is 4. The van der Waals surface area contributed by atoms with Crippen LogP contribution in [-0.2, 0) is 21.3 Å². The van der Waals surface area contributed by atoms with Gasteiger partial charge >= 0.3 is 0 Å². The number of piperazine rings is 1. The van der Waals surface area contributed by atoms with Crippen molar-refractivity contribution >= 4 is 56.6 Å². The van der Waals surface area contributed by atoms with E-state index in [0.717, 1.165) is 61.9 Å². The lowest BCUT2D eigenvalue weighted by atomic mass is 9.72. The molecule has 0 atom stereocenters. The molecular formula is C45H47Cl2F2N5O6S. The number of sulfonamides is 1. The number of pyridine rings is 1. The minimum absolute atomic E-state index is 0.0245. The Bertz CT molecular complexity index is 2490. The third-order valence-electron chi connectivity index (χ3n) is 11.8. The zero-order valence-electron chi connectivity index (χ0n) is 34.0. The quantitative estimate of drug-likeness (QED) is 0.149. The molecule has 3 aliphatic heterocycles. The van der Waals surface area contributed by atoms with Gasteiger partial charge in [0.25, 0.3) is 15.9 Å². The molecule has 4 aromatic rings. The number of carbonyl (C=O) groups excluding carboxylic acids is 1. The molecule has 0 radical (unpaired) electrons. The first-order chi connectivity index (χ1) is 29.1. The van der Waals surface area contributed by atoms with Gasteiger partial charge in [-0.15, -0.1) is 0 Å². The van der Waals surface area contributed by atoms with Crippen LogP contribution in [0.3, 0.4) is 0 Å². The summed E-state index contributed by atoms with van der Waals surface area (Å²) < 4.78 is 76.1. The normalized spacial score (nSPS) is 18.8. The van der Waals surface area contributed by atoms with Crippen molar-refractivity contribution in [2.24, 2.45) is 10.4 Å². The number of fused-ring (bicyclic) bond motifs is 1. The summed E-state index contributed by atoms with van der Waals surface area (Å²) in [6.07, 6.45) is 6.00. The van der Waals surface area contributed by atoms with E-state index >= 15 is 4.39 Å². The van der Waals surface area contributed by atoms with E-state index in [9.17, 15) is 17.6 Å². The van der Waals surface area contributed by atoms with Crippen molar-refractivity contribution in [3.05, 3.63) is 111 Å². The lowest BCUT2D eigenvalue weighted by molar-refractivity contribution is -0.0331. The van der Waals surface area contributed by atoms with Gasteiger partial charge < -0.3 is 19.1 Å². The highest BCUT2D eigenvalue weighted by molar-refractivity contribution is 7.90. The molecule has 0 saturated carbocycles. The molecule has 2 fully saturated rings. The van der Waals surface area contributed by atoms with E-state index in [4.69, 9.17) is 37.4 Å². The highest BCUT2D eigenvalue weighted by Crippen LogP contribution is 2.44. The van der Waals surface area contributed by atoms with Crippen molar-refractivity contribution in [3.8, 4) is 17.4 Å². The predicted molar refractivity (Wildman–Crippen MR) is 232 cm³/mol. The Morgan fingerprint density at radius 1 is 0.967 bits per heavy atom. The Morgan fingerprint density at radius 3 is 2.46 bits per heavy atom. The second-order valence-electron chi connectivity index (χ2n) is 16.9. The molecular weight excluding hydrogens is 847 g/mol. The van der Waals surface area contributed by atoms with Crippen LogP contribution in [0.2, 0.25) is 10.0 Å². The van der Waals surface area contributed by atoms with Crippen LogP contribution in [0.15, 0.2) is 82.3 Å². The summed E-state index contributed by atoms with van der Waals surface area (Å²) in [5, 5.41) is 0.539. The van der Waals surface area contributed by atoms with Crippen molar-refractivity contribution in [2.75, 3.05) is 57.4 Å². The molecule has 2 saturated heterocycles. The number of aliphatic imine (C=N–C) groups is 1. The van der Waals surface area contributed by atoms with Gasteiger partial charge in [0.1, 0.15) is 39.5 Å². The summed E-state index contributed by atoms with van der Waals surface area (Å²) in [5.74, 6) is -1.52. The first-order valence-electron chi connectivity index (χ1n) is 20.3. The molecule has 4 heterocycles. The van der Waals surface area contributed by atoms with Crippen molar-refractivity contribution in [3.63, 3.8) is 0 Å². The van der Waals surface area contributed by atoms with Crippen LogP contribution in [0, 0.1) is 11.2 Å². The second-order valence-corrected chi connectivity index (χ2v) is 19.4. The minimum Gasteiger partial charge on any atom is -0.473 e. The van der Waals surface area contributed by atoms with Crippen molar-refractivity contribution in [2.45, 2.75) is 63.1 Å². The van der Waals surface area contributed by atoms with E-state index in [-0.39, 0.29) is 72.6 Å². The fourth-order valence-corrected chi connectivity index (χ4v) is 9.56. The van der Waals surface area contributed by atoms with Gasteiger partial charge in [0, 0.05) is 93.4 Å². The number of hydrogen-bond donors (Lipinski definition) is 1. The third-order valence-corrected chi connectivity index (χ3v) is 13.6. The van der Waals surface area contributed by atoms with E-state index in [0.29, 0.717) is 24.2 Å². The summed E-state index contributed by atoms with van der Waals surface area (Å²) in [6, 6.07) is 16.7. The molecule has 1 aromatic heterocycles. The van der Waals surface area contributed by atoms with E-state index < -0.39 is 32.3 Å². The highest BCUT2D eigenvalue weighted by atomic mass is 35.5. The van der Waals surface area contributed by atoms with Gasteiger partial charge in [0.2, 0.25) is 5.88 Å². The number of nitrogens with zero attached hydrogens (tertiary/aromatic N) is 4. The Kier molecular flexibility index (Phi) is 12.5. The number of allylic oxidation sites excluding steroid dienone is 1. The lowest BCUT2D eigenvalue weighted by Gasteiger charge is -2.39. The molecule has 11 nitrogen and oxygen atoms in total. The van der Waals surface area contributed by atoms with Gasteiger partial charge in [-0.3, -0.25) is 14.7 Å². The molecule has 1 aliphatic carbocycles. The Hall–Kier alpha value is -4.60. The molecule has 61 heavy (non-hydrogen) atoms. The van der Waals surface area contributed by atoms with Crippen molar-refractivity contribution in [1.29, 1.82) is 0 Å². The van der Waals surface area contributed by atoms with Gasteiger partial charge in [0.05, 0.1) is 18.3 Å². The predicted octanol–water partition coefficient (Wildman–Crippen LogP) is 9.05. The monoisotopic (exact) mass is 893 g/mol. The minimum atomic E-state index is -4.53. The molecule has 1 amide bonds. The molecule has 0 bridgehead atoms. The first-order valence-corrected chi connectivity index (χ1v) is 22.6. The SMILES string of the molecule is CC1(C)CCC(CN2CCN(c3ccc(C(=O)NS(=O)(=O)c4cnc(OCC5(F)CCOCC5)c(Cl)c4)c(Oc4cc(F)cc5c4C=NC5)c3)CC2)=C(c2ccc(Cl)cc2)C1. The van der Waals surface area contributed by atoms with Crippen LogP contribution in [-0.4, -0.2) is 88.6 Å². The molecule has 322 valence electrons. The number of amides is 1. The average Bonchev–Trinajstić information content (AvgIpc) is 3.70. The Morgan fingerprint density at radius 2 is 1.72 bits per heavy atom. The molecule has 3 aromatic carbocycles. The standard InChI is InChI=1S/C45H47Cl2F2N5O6S/c1-44(2)10-9-30(37(23-44)29-3-5-32(46)6-4-29)27-53-13-15-54(16-14-53)34-7-8-36(41(21-34)60-40-20-33(48)19-31-24-50-26-38(31)40)42(55)52-61(56,57)35-22-39(47)43(51-25-35)59-28-45(49)11-17-58-18-12-45/h3-8,19-22,25-26H,9-18,23-24,27-28H2,1-2H3,(H,52,55). The van der Waals surface area contributed by atoms with Crippen LogP contribution >= 0.6 is 23.2 Å². The molecule has 8 rings (SSSR count). The second kappa shape index (κ2) is 17.6. The number of rotatable bonds is 12. The number of hydrogen-bond acceptors (Lipinski definition) is 10. The van der Waals surface area contributed by atoms with Gasteiger partial charge in [-0.05, 0) is 77.8 Å². The number of alkyl halides is 1. The summed E-state index contributed by atoms with van der Waals surface area (Å²) in [4.78, 5) is 26.4. The highest BCUT2D eigenvalue weighted by Gasteiger charge is 2.34. The average molecular weight is 895 g/mol. The molecule has 16 heteroatoms. The van der Waals surface area contributed by atoms with E-state index in [1.54, 1.807) is 18.3 Å². The van der Waals surface area contributed by atoms with Gasteiger partial charge in [-0.1, -0.05) is 54.8 Å². The number of carbonyl (C=O) groups is 1. The van der Waals surface area contributed by atoms with Crippen molar-refractivity contribution in [1.82, 2.24) is 14.6 Å². The number of anilines is 1.